The highest BCUT2D eigenvalue weighted by Crippen LogP contribution is 2.54. The number of hydrogen-bond acceptors (Lipinski definition) is 5. The Bertz CT molecular complexity index is 1480. The number of amides is 3. The second-order valence-corrected chi connectivity index (χ2v) is 12.4. The van der Waals surface area contributed by atoms with Crippen LogP contribution in [0.2, 0.25) is 0 Å². The molecule has 3 N–H and O–H groups in total. The average Bonchev–Trinajstić information content (AvgIpc) is 3.21. The van der Waals surface area contributed by atoms with E-state index in [0.29, 0.717) is 39.7 Å². The van der Waals surface area contributed by atoms with Crippen molar-refractivity contribution in [2.75, 3.05) is 6.54 Å². The number of halogens is 3. The van der Waals surface area contributed by atoms with Crippen LogP contribution in [0.25, 0.3) is 11.1 Å². The van der Waals surface area contributed by atoms with Crippen molar-refractivity contribution in [2.24, 2.45) is 11.8 Å². The van der Waals surface area contributed by atoms with Crippen LogP contribution in [0.4, 0.5) is 8.78 Å². The molecule has 7 rings (SSSR count). The molecule has 3 amide bonds. The lowest BCUT2D eigenvalue weighted by Crippen LogP contribution is -2.70. The van der Waals surface area contributed by atoms with Gasteiger partial charge in [-0.15, -0.1) is 0 Å². The van der Waals surface area contributed by atoms with Crippen molar-refractivity contribution in [1.82, 2.24) is 15.5 Å². The maximum atomic E-state index is 15.3. The third kappa shape index (κ3) is 4.43. The van der Waals surface area contributed by atoms with E-state index < -0.39 is 59.7 Å². The molecule has 2 aromatic carbocycles. The smallest absolute Gasteiger partial charge is 0.264 e. The van der Waals surface area contributed by atoms with Crippen LogP contribution in [0, 0.1) is 23.2 Å². The summed E-state index contributed by atoms with van der Waals surface area (Å²) >= 11 is 3.41. The molecule has 2 aromatic rings. The van der Waals surface area contributed by atoms with Crippen LogP contribution in [0.1, 0.15) is 49.7 Å². The summed E-state index contributed by atoms with van der Waals surface area (Å²) in [6.07, 6.45) is 1.01. The highest BCUT2D eigenvalue weighted by Gasteiger charge is 2.63. The topological polar surface area (TPSA) is 123 Å². The van der Waals surface area contributed by atoms with Crippen LogP contribution >= 0.6 is 15.9 Å². The first-order valence-corrected chi connectivity index (χ1v) is 14.7. The summed E-state index contributed by atoms with van der Waals surface area (Å²) in [5.74, 6) is -7.09. The zero-order valence-electron chi connectivity index (χ0n) is 22.1. The van der Waals surface area contributed by atoms with Gasteiger partial charge in [0, 0.05) is 40.5 Å². The zero-order chi connectivity index (χ0) is 29.1. The van der Waals surface area contributed by atoms with Crippen LogP contribution < -0.4 is 10.6 Å². The molecular weight excluding hydrogens is 598 g/mol. The number of piperidine rings is 3. The van der Waals surface area contributed by atoms with E-state index in [1.807, 2.05) is 6.07 Å². The number of nitrogens with one attached hydrogen (secondary N) is 2. The van der Waals surface area contributed by atoms with Gasteiger partial charge in [-0.1, -0.05) is 46.3 Å². The van der Waals surface area contributed by atoms with E-state index in [2.05, 4.69) is 26.6 Å². The van der Waals surface area contributed by atoms with Gasteiger partial charge in [0.15, 0.2) is 5.60 Å². The Hall–Kier alpha value is -3.36. The minimum Gasteiger partial charge on any atom is -0.372 e. The molecule has 0 spiro atoms. The first-order chi connectivity index (χ1) is 19.6. The second-order valence-electron chi connectivity index (χ2n) is 11.5. The fourth-order valence-corrected chi connectivity index (χ4v) is 7.55. The summed E-state index contributed by atoms with van der Waals surface area (Å²) in [7, 11) is 0. The molecule has 41 heavy (non-hydrogen) atoms. The lowest BCUT2D eigenvalue weighted by molar-refractivity contribution is -0.201. The summed E-state index contributed by atoms with van der Waals surface area (Å²) in [6.45, 7) is 0.544. The number of alkyl halides is 2. The van der Waals surface area contributed by atoms with Gasteiger partial charge in [-0.05, 0) is 55.4 Å². The Labute approximate surface area is 244 Å². The lowest BCUT2D eigenvalue weighted by Gasteiger charge is -2.54. The van der Waals surface area contributed by atoms with Gasteiger partial charge in [0.25, 0.3) is 11.8 Å². The summed E-state index contributed by atoms with van der Waals surface area (Å²) < 4.78 is 31.2. The molecule has 1 saturated carbocycles. The predicted molar refractivity (Wildman–Crippen MR) is 147 cm³/mol. The molecule has 0 radical (unpaired) electrons. The molecule has 0 unspecified atom stereocenters. The number of benzene rings is 2. The van der Waals surface area contributed by atoms with Crippen molar-refractivity contribution in [3.05, 3.63) is 58.1 Å². The molecular formula is C30H29BrF2N4O4. The van der Waals surface area contributed by atoms with Crippen LogP contribution in [-0.2, 0) is 20.0 Å². The quantitative estimate of drug-likeness (QED) is 0.468. The fraction of sp³-hybridized carbons (Fsp3) is 0.467. The molecule has 11 heteroatoms. The maximum Gasteiger partial charge on any atom is 0.264 e. The van der Waals surface area contributed by atoms with E-state index in [4.69, 9.17) is 0 Å². The highest BCUT2D eigenvalue weighted by atomic mass is 79.9. The Morgan fingerprint density at radius 2 is 1.93 bits per heavy atom. The largest absolute Gasteiger partial charge is 0.372 e. The number of fused-ring (bicyclic) bond motifs is 6. The van der Waals surface area contributed by atoms with Crippen molar-refractivity contribution < 1.29 is 28.3 Å². The normalized spacial score (nSPS) is 30.0. The molecule has 2 bridgehead atoms. The van der Waals surface area contributed by atoms with Crippen molar-refractivity contribution >= 4 is 33.7 Å². The zero-order valence-corrected chi connectivity index (χ0v) is 23.7. The molecule has 5 aliphatic rings. The monoisotopic (exact) mass is 626 g/mol. The standard InChI is InChI=1S/C30H29BrF2N4O4/c31-17-7-9-21-20-5-1-2-6-22(20)30(41,24(21)13-17)28(40)37-19-8-10-23(29(32,33)14-19)25(37)27(39)36-18(15-34)12-16-4-3-11-35-26(16)38/h1-2,5-7,9,13,16,18-19,23,25,41H,3-4,8,10-12,14H2,(H,35,38)(H,36,39)/t16-,18-,19-,23-,25-,30-/m0/s1. The van der Waals surface area contributed by atoms with Crippen LogP contribution in [0.5, 0.6) is 0 Å². The predicted octanol–water partition coefficient (Wildman–Crippen LogP) is 3.60. The third-order valence-electron chi connectivity index (χ3n) is 9.12. The number of aliphatic hydroxyl groups is 1. The molecule has 3 saturated heterocycles. The number of nitriles is 1. The summed E-state index contributed by atoms with van der Waals surface area (Å²) in [5.41, 5.74) is -0.277. The van der Waals surface area contributed by atoms with Gasteiger partial charge in [0.1, 0.15) is 12.1 Å². The van der Waals surface area contributed by atoms with Crippen molar-refractivity contribution in [3.8, 4) is 17.2 Å². The molecule has 6 atom stereocenters. The van der Waals surface area contributed by atoms with Gasteiger partial charge in [0.05, 0.1) is 12.0 Å². The second kappa shape index (κ2) is 10.2. The number of rotatable bonds is 5. The molecule has 2 aliphatic carbocycles. The molecule has 0 aromatic heterocycles. The summed E-state index contributed by atoms with van der Waals surface area (Å²) in [6, 6.07) is 10.4. The first-order valence-electron chi connectivity index (χ1n) is 13.9. The summed E-state index contributed by atoms with van der Waals surface area (Å²) in [4.78, 5) is 41.7. The van der Waals surface area contributed by atoms with E-state index in [1.165, 1.54) is 0 Å². The number of hydrogen-bond donors (Lipinski definition) is 3. The number of carbonyl (C=O) groups is 3. The van der Waals surface area contributed by atoms with Crippen molar-refractivity contribution in [3.63, 3.8) is 0 Å². The minimum absolute atomic E-state index is 0.0267. The molecule has 3 heterocycles. The lowest BCUT2D eigenvalue weighted by atomic mass is 9.70. The van der Waals surface area contributed by atoms with Gasteiger partial charge in [-0.3, -0.25) is 14.4 Å². The Morgan fingerprint density at radius 3 is 2.66 bits per heavy atom. The number of carbonyl (C=O) groups excluding carboxylic acids is 3. The van der Waals surface area contributed by atoms with Crippen molar-refractivity contribution in [2.45, 2.75) is 68.2 Å². The average molecular weight is 627 g/mol. The fourth-order valence-electron chi connectivity index (χ4n) is 7.19. The van der Waals surface area contributed by atoms with E-state index in [-0.39, 0.29) is 25.2 Å². The van der Waals surface area contributed by atoms with Gasteiger partial charge < -0.3 is 20.6 Å². The SMILES string of the molecule is N#C[C@H](C[C@@H]1CCCNC1=O)NC(=O)[C@@H]1[C@@H]2CC[C@@H](CC2(F)F)N1C(=O)[C@]1(O)c2ccccc2-c2ccc(Br)cc21. The van der Waals surface area contributed by atoms with Gasteiger partial charge in [0.2, 0.25) is 11.8 Å². The van der Waals surface area contributed by atoms with Crippen LogP contribution in [0.15, 0.2) is 46.9 Å². The Morgan fingerprint density at radius 1 is 1.17 bits per heavy atom. The molecule has 214 valence electrons. The summed E-state index contributed by atoms with van der Waals surface area (Å²) in [5, 5.41) is 27.3. The molecule has 4 fully saturated rings. The van der Waals surface area contributed by atoms with Crippen molar-refractivity contribution in [1.29, 1.82) is 5.26 Å². The number of nitrogens with zero attached hydrogens (tertiary/aromatic N) is 2. The van der Waals surface area contributed by atoms with E-state index in [0.717, 1.165) is 11.3 Å². The van der Waals surface area contributed by atoms with E-state index in [9.17, 15) is 24.8 Å². The molecule has 8 nitrogen and oxygen atoms in total. The highest BCUT2D eigenvalue weighted by molar-refractivity contribution is 9.10. The van der Waals surface area contributed by atoms with Gasteiger partial charge in [-0.2, -0.15) is 5.26 Å². The minimum atomic E-state index is -3.20. The van der Waals surface area contributed by atoms with E-state index >= 15 is 8.78 Å². The Balaban J connectivity index is 1.36. The van der Waals surface area contributed by atoms with Crippen LogP contribution in [-0.4, -0.2) is 58.3 Å². The van der Waals surface area contributed by atoms with Gasteiger partial charge >= 0.3 is 0 Å². The molecule has 3 aliphatic heterocycles. The first kappa shape index (κ1) is 27.8. The Kier molecular flexibility index (Phi) is 6.90. The van der Waals surface area contributed by atoms with Crippen LogP contribution in [0.3, 0.4) is 0 Å². The van der Waals surface area contributed by atoms with Gasteiger partial charge in [-0.25, -0.2) is 8.78 Å². The van der Waals surface area contributed by atoms with E-state index in [1.54, 1.807) is 42.5 Å². The maximum absolute atomic E-state index is 15.3. The third-order valence-corrected chi connectivity index (χ3v) is 9.61.